The van der Waals surface area contributed by atoms with E-state index < -0.39 is 5.60 Å². The first-order chi connectivity index (χ1) is 9.30. The standard InChI is InChI=1S/C14H27NO5/c1-13(2,3)20-12(16)8-15-7-6-14(9-15,10-17-4)11-19-18-5/h6-11H2,1-5H3. The number of rotatable bonds is 7. The quantitative estimate of drug-likeness (QED) is 0.399. The second-order valence-electron chi connectivity index (χ2n) is 6.41. The molecule has 0 aromatic rings. The van der Waals surface area contributed by atoms with Crippen molar-refractivity contribution < 1.29 is 24.0 Å². The van der Waals surface area contributed by atoms with Gasteiger partial charge in [0.1, 0.15) is 5.60 Å². The van der Waals surface area contributed by atoms with Gasteiger partial charge in [0.25, 0.3) is 0 Å². The van der Waals surface area contributed by atoms with Crippen molar-refractivity contribution in [3.05, 3.63) is 0 Å². The zero-order valence-corrected chi connectivity index (χ0v) is 13.2. The highest BCUT2D eigenvalue weighted by Crippen LogP contribution is 2.31. The van der Waals surface area contributed by atoms with Crippen LogP contribution in [0.25, 0.3) is 0 Å². The van der Waals surface area contributed by atoms with Crippen molar-refractivity contribution >= 4 is 5.97 Å². The lowest BCUT2D eigenvalue weighted by Gasteiger charge is -2.27. The largest absolute Gasteiger partial charge is 0.459 e. The van der Waals surface area contributed by atoms with Gasteiger partial charge in [-0.15, -0.1) is 0 Å². The maximum atomic E-state index is 11.8. The lowest BCUT2D eigenvalue weighted by Crippen LogP contribution is -2.38. The van der Waals surface area contributed by atoms with E-state index >= 15 is 0 Å². The second kappa shape index (κ2) is 7.36. The van der Waals surface area contributed by atoms with Crippen LogP contribution in [0, 0.1) is 5.41 Å². The van der Waals surface area contributed by atoms with Gasteiger partial charge in [0, 0.05) is 19.1 Å². The minimum absolute atomic E-state index is 0.118. The normalized spacial score (nSPS) is 24.1. The van der Waals surface area contributed by atoms with E-state index in [9.17, 15) is 4.79 Å². The summed E-state index contributed by atoms with van der Waals surface area (Å²) in [7, 11) is 3.17. The lowest BCUT2D eigenvalue weighted by molar-refractivity contribution is -0.291. The van der Waals surface area contributed by atoms with Crippen molar-refractivity contribution in [1.29, 1.82) is 0 Å². The molecule has 6 nitrogen and oxygen atoms in total. The monoisotopic (exact) mass is 289 g/mol. The number of carbonyl (C=O) groups excluding carboxylic acids is 1. The molecule has 1 rings (SSSR count). The number of methoxy groups -OCH3 is 1. The fourth-order valence-electron chi connectivity index (χ4n) is 2.49. The molecule has 1 aliphatic rings. The van der Waals surface area contributed by atoms with Crippen LogP contribution < -0.4 is 0 Å². The summed E-state index contributed by atoms with van der Waals surface area (Å²) in [6.45, 7) is 8.53. The van der Waals surface area contributed by atoms with Crippen LogP contribution in [-0.2, 0) is 24.0 Å². The zero-order chi connectivity index (χ0) is 15.2. The van der Waals surface area contributed by atoms with Crippen LogP contribution in [0.4, 0.5) is 0 Å². The van der Waals surface area contributed by atoms with Gasteiger partial charge in [-0.2, -0.15) is 0 Å². The van der Waals surface area contributed by atoms with E-state index in [-0.39, 0.29) is 11.4 Å². The van der Waals surface area contributed by atoms with E-state index in [4.69, 9.17) is 19.2 Å². The molecule has 0 N–H and O–H groups in total. The van der Waals surface area contributed by atoms with Gasteiger partial charge in [0.15, 0.2) is 0 Å². The Morgan fingerprint density at radius 3 is 2.50 bits per heavy atom. The van der Waals surface area contributed by atoms with E-state index in [1.165, 1.54) is 7.11 Å². The number of likely N-dealkylation sites (tertiary alicyclic amines) is 1. The first-order valence-corrected chi connectivity index (χ1v) is 6.89. The Kier molecular flexibility index (Phi) is 6.39. The van der Waals surface area contributed by atoms with Crippen LogP contribution in [0.5, 0.6) is 0 Å². The molecule has 0 amide bonds. The summed E-state index contributed by atoms with van der Waals surface area (Å²) < 4.78 is 10.6. The van der Waals surface area contributed by atoms with Gasteiger partial charge in [0.05, 0.1) is 26.9 Å². The van der Waals surface area contributed by atoms with E-state index in [1.807, 2.05) is 20.8 Å². The Balaban J connectivity index is 2.49. The Morgan fingerprint density at radius 1 is 1.25 bits per heavy atom. The fraction of sp³-hybridized carbons (Fsp3) is 0.929. The van der Waals surface area contributed by atoms with Crippen molar-refractivity contribution in [2.45, 2.75) is 32.8 Å². The molecule has 0 radical (unpaired) electrons. The predicted molar refractivity (Wildman–Crippen MR) is 74.2 cm³/mol. The van der Waals surface area contributed by atoms with Gasteiger partial charge >= 0.3 is 5.97 Å². The molecular weight excluding hydrogens is 262 g/mol. The van der Waals surface area contributed by atoms with Crippen LogP contribution in [0.1, 0.15) is 27.2 Å². The van der Waals surface area contributed by atoms with Gasteiger partial charge in [-0.1, -0.05) is 0 Å². The molecular formula is C14H27NO5. The average molecular weight is 289 g/mol. The van der Waals surface area contributed by atoms with E-state index in [0.717, 1.165) is 19.5 Å². The summed E-state index contributed by atoms with van der Waals surface area (Å²) in [6, 6.07) is 0. The molecule has 20 heavy (non-hydrogen) atoms. The Bertz CT molecular complexity index is 315. The van der Waals surface area contributed by atoms with Gasteiger partial charge in [0.2, 0.25) is 0 Å². The summed E-state index contributed by atoms with van der Waals surface area (Å²) in [5.74, 6) is -0.196. The fourth-order valence-corrected chi connectivity index (χ4v) is 2.49. The summed E-state index contributed by atoms with van der Waals surface area (Å²) in [6.07, 6.45) is 0.910. The first kappa shape index (κ1) is 17.4. The molecule has 0 aliphatic carbocycles. The molecule has 1 saturated heterocycles. The summed E-state index contributed by atoms with van der Waals surface area (Å²) >= 11 is 0. The van der Waals surface area contributed by atoms with Crippen LogP contribution in [0.3, 0.4) is 0 Å². The van der Waals surface area contributed by atoms with Gasteiger partial charge in [-0.25, -0.2) is 9.78 Å². The van der Waals surface area contributed by atoms with Crippen molar-refractivity contribution in [3.8, 4) is 0 Å². The molecule has 6 heteroatoms. The number of nitrogens with zero attached hydrogens (tertiary/aromatic N) is 1. The minimum Gasteiger partial charge on any atom is -0.459 e. The third kappa shape index (κ3) is 5.75. The SMILES string of the molecule is COCC1(COOC)CCN(CC(=O)OC(C)(C)C)C1. The topological polar surface area (TPSA) is 57.2 Å². The molecule has 0 bridgehead atoms. The number of esters is 1. The number of ether oxygens (including phenoxy) is 2. The molecule has 0 saturated carbocycles. The summed E-state index contributed by atoms with van der Waals surface area (Å²) in [5.41, 5.74) is -0.563. The molecule has 1 heterocycles. The highest BCUT2D eigenvalue weighted by molar-refractivity contribution is 5.72. The maximum absolute atomic E-state index is 11.8. The lowest BCUT2D eigenvalue weighted by atomic mass is 9.89. The van der Waals surface area contributed by atoms with E-state index in [1.54, 1.807) is 7.11 Å². The maximum Gasteiger partial charge on any atom is 0.320 e. The molecule has 1 atom stereocenters. The highest BCUT2D eigenvalue weighted by atomic mass is 17.2. The Hall–Kier alpha value is -0.690. The Labute approximate surface area is 121 Å². The average Bonchev–Trinajstić information content (AvgIpc) is 2.68. The van der Waals surface area contributed by atoms with Crippen LogP contribution in [0.2, 0.25) is 0 Å². The first-order valence-electron chi connectivity index (χ1n) is 6.89. The Morgan fingerprint density at radius 2 is 1.95 bits per heavy atom. The molecule has 0 aromatic heterocycles. The number of carbonyl (C=O) groups is 1. The smallest absolute Gasteiger partial charge is 0.320 e. The van der Waals surface area contributed by atoms with Crippen LogP contribution in [0.15, 0.2) is 0 Å². The van der Waals surface area contributed by atoms with E-state index in [0.29, 0.717) is 19.8 Å². The summed E-state index contributed by atoms with van der Waals surface area (Å²) in [4.78, 5) is 23.7. The summed E-state index contributed by atoms with van der Waals surface area (Å²) in [5, 5.41) is 0. The number of hydrogen-bond donors (Lipinski definition) is 0. The van der Waals surface area contributed by atoms with Crippen molar-refractivity contribution in [2.75, 3.05) is 47.1 Å². The van der Waals surface area contributed by atoms with Crippen molar-refractivity contribution in [3.63, 3.8) is 0 Å². The van der Waals surface area contributed by atoms with Gasteiger partial charge in [-0.3, -0.25) is 9.69 Å². The molecule has 118 valence electrons. The molecule has 1 unspecified atom stereocenters. The van der Waals surface area contributed by atoms with Crippen molar-refractivity contribution in [2.24, 2.45) is 5.41 Å². The highest BCUT2D eigenvalue weighted by Gasteiger charge is 2.39. The molecule has 0 aromatic carbocycles. The van der Waals surface area contributed by atoms with Gasteiger partial charge in [-0.05, 0) is 33.7 Å². The third-order valence-electron chi connectivity index (χ3n) is 3.22. The van der Waals surface area contributed by atoms with Crippen LogP contribution >= 0.6 is 0 Å². The molecule has 1 aliphatic heterocycles. The van der Waals surface area contributed by atoms with Crippen molar-refractivity contribution in [1.82, 2.24) is 4.90 Å². The third-order valence-corrected chi connectivity index (χ3v) is 3.22. The minimum atomic E-state index is -0.445. The predicted octanol–water partition coefficient (Wildman–Crippen LogP) is 1.24. The van der Waals surface area contributed by atoms with E-state index in [2.05, 4.69) is 4.90 Å². The second-order valence-corrected chi connectivity index (χ2v) is 6.41. The van der Waals surface area contributed by atoms with Gasteiger partial charge < -0.3 is 9.47 Å². The molecule has 0 spiro atoms. The van der Waals surface area contributed by atoms with Crippen LogP contribution in [-0.4, -0.2) is 63.5 Å². The molecule has 1 fully saturated rings. The zero-order valence-electron chi connectivity index (χ0n) is 13.2. The number of hydrogen-bond acceptors (Lipinski definition) is 6.